The van der Waals surface area contributed by atoms with Gasteiger partial charge in [0.25, 0.3) is 0 Å². The highest BCUT2D eigenvalue weighted by molar-refractivity contribution is 9.10. The standard InChI is InChI=1S/C29H28BrN3O3/c1-3-7-20-12-13-26(27(16-20)35-2)36-15-14-32-25-11-5-4-10-24(25)31-29(32)21-17-28(34)33(19-21)23-9-6-8-22(30)18-23/h3-13,16,18,21H,14-15,17,19H2,1-2H3/b7-3+. The van der Waals surface area contributed by atoms with Gasteiger partial charge in [0.2, 0.25) is 5.91 Å². The van der Waals surface area contributed by atoms with Crippen molar-refractivity contribution in [1.82, 2.24) is 9.55 Å². The molecular formula is C29H28BrN3O3. The summed E-state index contributed by atoms with van der Waals surface area (Å²) >= 11 is 3.51. The molecule has 1 aliphatic rings. The van der Waals surface area contributed by atoms with Crippen LogP contribution in [0.5, 0.6) is 11.5 Å². The number of benzene rings is 3. The number of carbonyl (C=O) groups excluding carboxylic acids is 1. The molecule has 0 bridgehead atoms. The monoisotopic (exact) mass is 545 g/mol. The largest absolute Gasteiger partial charge is 0.493 e. The average Bonchev–Trinajstić information content (AvgIpc) is 3.45. The van der Waals surface area contributed by atoms with E-state index in [-0.39, 0.29) is 11.8 Å². The quantitative estimate of drug-likeness (QED) is 0.255. The Kier molecular flexibility index (Phi) is 7.09. The Morgan fingerprint density at radius 2 is 1.94 bits per heavy atom. The van der Waals surface area contributed by atoms with E-state index in [4.69, 9.17) is 14.5 Å². The second-order valence-electron chi connectivity index (χ2n) is 8.75. The molecule has 6 nitrogen and oxygen atoms in total. The number of halogens is 1. The summed E-state index contributed by atoms with van der Waals surface area (Å²) in [5, 5.41) is 0. The number of amides is 1. The van der Waals surface area contributed by atoms with Gasteiger partial charge in [0.05, 0.1) is 24.7 Å². The first-order chi connectivity index (χ1) is 17.6. The predicted molar refractivity (Wildman–Crippen MR) is 147 cm³/mol. The number of allylic oxidation sites excluding steroid dienone is 1. The first-order valence-electron chi connectivity index (χ1n) is 12.0. The van der Waals surface area contributed by atoms with Crippen LogP contribution in [0.15, 0.2) is 77.3 Å². The third-order valence-corrected chi connectivity index (χ3v) is 6.91. The lowest BCUT2D eigenvalue weighted by molar-refractivity contribution is -0.117. The summed E-state index contributed by atoms with van der Waals surface area (Å²) < 4.78 is 14.8. The number of hydrogen-bond donors (Lipinski definition) is 0. The molecule has 0 saturated carbocycles. The zero-order valence-electron chi connectivity index (χ0n) is 20.4. The van der Waals surface area contributed by atoms with Crippen molar-refractivity contribution in [2.75, 3.05) is 25.2 Å². The maximum Gasteiger partial charge on any atom is 0.227 e. The lowest BCUT2D eigenvalue weighted by atomic mass is 10.1. The molecule has 0 spiro atoms. The van der Waals surface area contributed by atoms with E-state index in [0.717, 1.165) is 32.6 Å². The Bertz CT molecular complexity index is 1430. The minimum atomic E-state index is -0.00136. The number of nitrogens with zero attached hydrogens (tertiary/aromatic N) is 3. The first kappa shape index (κ1) is 24.1. The lowest BCUT2D eigenvalue weighted by Crippen LogP contribution is -2.24. The third-order valence-electron chi connectivity index (χ3n) is 6.41. The molecule has 1 aromatic heterocycles. The molecule has 0 aliphatic carbocycles. The minimum absolute atomic E-state index is 0.00136. The Hall–Kier alpha value is -3.58. The number of fused-ring (bicyclic) bond motifs is 1. The molecule has 184 valence electrons. The van der Waals surface area contributed by atoms with Crippen LogP contribution in [0.2, 0.25) is 0 Å². The highest BCUT2D eigenvalue weighted by Crippen LogP contribution is 2.34. The molecule has 1 unspecified atom stereocenters. The highest BCUT2D eigenvalue weighted by Gasteiger charge is 2.34. The van der Waals surface area contributed by atoms with Crippen molar-refractivity contribution in [1.29, 1.82) is 0 Å². The van der Waals surface area contributed by atoms with E-state index in [0.29, 0.717) is 37.6 Å². The van der Waals surface area contributed by atoms with Gasteiger partial charge in [-0.25, -0.2) is 4.98 Å². The fourth-order valence-corrected chi connectivity index (χ4v) is 5.15. The van der Waals surface area contributed by atoms with E-state index >= 15 is 0 Å². The van der Waals surface area contributed by atoms with Crippen LogP contribution in [0, 0.1) is 0 Å². The van der Waals surface area contributed by atoms with Crippen LogP contribution in [0.3, 0.4) is 0 Å². The maximum absolute atomic E-state index is 13.0. The van der Waals surface area contributed by atoms with Crippen LogP contribution in [0.4, 0.5) is 5.69 Å². The topological polar surface area (TPSA) is 56.6 Å². The maximum atomic E-state index is 13.0. The van der Waals surface area contributed by atoms with Crippen molar-refractivity contribution in [2.24, 2.45) is 0 Å². The van der Waals surface area contributed by atoms with Crippen LogP contribution in [-0.4, -0.2) is 35.7 Å². The van der Waals surface area contributed by atoms with E-state index in [9.17, 15) is 4.79 Å². The SMILES string of the molecule is C/C=C/c1ccc(OCCn2c(C3CC(=O)N(c4cccc(Br)c4)C3)nc3ccccc32)c(OC)c1. The average molecular weight is 546 g/mol. The predicted octanol–water partition coefficient (Wildman–Crippen LogP) is 6.44. The lowest BCUT2D eigenvalue weighted by Gasteiger charge is -2.18. The third kappa shape index (κ3) is 4.88. The molecule has 2 heterocycles. The number of ether oxygens (including phenoxy) is 2. The second kappa shape index (κ2) is 10.6. The first-order valence-corrected chi connectivity index (χ1v) is 12.8. The van der Waals surface area contributed by atoms with Crippen molar-refractivity contribution in [3.63, 3.8) is 0 Å². The van der Waals surface area contributed by atoms with Crippen molar-refractivity contribution in [3.05, 3.63) is 88.7 Å². The van der Waals surface area contributed by atoms with Crippen molar-refractivity contribution in [2.45, 2.75) is 25.8 Å². The highest BCUT2D eigenvalue weighted by atomic mass is 79.9. The van der Waals surface area contributed by atoms with Crippen LogP contribution in [0.25, 0.3) is 17.1 Å². The van der Waals surface area contributed by atoms with Gasteiger partial charge in [-0.15, -0.1) is 0 Å². The van der Waals surface area contributed by atoms with Gasteiger partial charge < -0.3 is 18.9 Å². The molecule has 7 heteroatoms. The molecule has 1 fully saturated rings. The number of rotatable bonds is 8. The zero-order valence-corrected chi connectivity index (χ0v) is 21.9. The molecule has 1 atom stereocenters. The Morgan fingerprint density at radius 1 is 1.08 bits per heavy atom. The summed E-state index contributed by atoms with van der Waals surface area (Å²) in [6.07, 6.45) is 4.44. The van der Waals surface area contributed by atoms with Gasteiger partial charge in [-0.3, -0.25) is 4.79 Å². The summed E-state index contributed by atoms with van der Waals surface area (Å²) in [6, 6.07) is 21.9. The number of para-hydroxylation sites is 2. The van der Waals surface area contributed by atoms with Crippen LogP contribution in [0.1, 0.15) is 30.7 Å². The molecule has 0 radical (unpaired) electrons. The Balaban J connectivity index is 1.38. The van der Waals surface area contributed by atoms with Gasteiger partial charge in [0.15, 0.2) is 11.5 Å². The van der Waals surface area contributed by atoms with Crippen molar-refractivity contribution in [3.8, 4) is 11.5 Å². The van der Waals surface area contributed by atoms with Crippen molar-refractivity contribution >= 4 is 44.6 Å². The van der Waals surface area contributed by atoms with Gasteiger partial charge in [-0.2, -0.15) is 0 Å². The molecule has 36 heavy (non-hydrogen) atoms. The van der Waals surface area contributed by atoms with Gasteiger partial charge in [-0.05, 0) is 55.0 Å². The molecule has 1 saturated heterocycles. The number of imidazole rings is 1. The van der Waals surface area contributed by atoms with E-state index in [1.165, 1.54) is 0 Å². The summed E-state index contributed by atoms with van der Waals surface area (Å²) in [7, 11) is 1.65. The Morgan fingerprint density at radius 3 is 2.75 bits per heavy atom. The summed E-state index contributed by atoms with van der Waals surface area (Å²) in [5.41, 5.74) is 3.93. The number of hydrogen-bond acceptors (Lipinski definition) is 4. The molecule has 5 rings (SSSR count). The van der Waals surface area contributed by atoms with Crippen LogP contribution < -0.4 is 14.4 Å². The number of methoxy groups -OCH3 is 1. The number of aromatic nitrogens is 2. The van der Waals surface area contributed by atoms with Gasteiger partial charge >= 0.3 is 0 Å². The molecule has 3 aromatic carbocycles. The Labute approximate surface area is 219 Å². The summed E-state index contributed by atoms with van der Waals surface area (Å²) in [5.74, 6) is 2.43. The van der Waals surface area contributed by atoms with Gasteiger partial charge in [-0.1, -0.05) is 52.3 Å². The molecule has 0 N–H and O–H groups in total. The summed E-state index contributed by atoms with van der Waals surface area (Å²) in [4.78, 5) is 19.8. The fourth-order valence-electron chi connectivity index (χ4n) is 4.76. The summed E-state index contributed by atoms with van der Waals surface area (Å²) in [6.45, 7) is 3.64. The number of anilines is 1. The fraction of sp³-hybridized carbons (Fsp3) is 0.241. The van der Waals surface area contributed by atoms with Crippen molar-refractivity contribution < 1.29 is 14.3 Å². The molecule has 1 amide bonds. The minimum Gasteiger partial charge on any atom is -0.493 e. The van der Waals surface area contributed by atoms with E-state index in [1.54, 1.807) is 7.11 Å². The normalized spacial score (nSPS) is 15.8. The van der Waals surface area contributed by atoms with Crippen LogP contribution >= 0.6 is 15.9 Å². The second-order valence-corrected chi connectivity index (χ2v) is 9.67. The van der Waals surface area contributed by atoms with Gasteiger partial charge in [0, 0.05) is 29.0 Å². The van der Waals surface area contributed by atoms with E-state index in [2.05, 4.69) is 26.6 Å². The van der Waals surface area contributed by atoms with E-state index in [1.807, 2.05) is 84.6 Å². The molecular weight excluding hydrogens is 518 g/mol. The van der Waals surface area contributed by atoms with Gasteiger partial charge in [0.1, 0.15) is 12.4 Å². The number of carbonyl (C=O) groups is 1. The smallest absolute Gasteiger partial charge is 0.227 e. The van der Waals surface area contributed by atoms with E-state index < -0.39 is 0 Å². The van der Waals surface area contributed by atoms with Crippen LogP contribution in [-0.2, 0) is 11.3 Å². The molecule has 1 aliphatic heterocycles. The molecule has 4 aromatic rings. The zero-order chi connectivity index (χ0) is 25.1.